The molecule has 11 nitrogen and oxygen atoms in total. The van der Waals surface area contributed by atoms with E-state index in [1.54, 1.807) is 43.3 Å². The van der Waals surface area contributed by atoms with Gasteiger partial charge in [0.25, 0.3) is 5.56 Å². The highest BCUT2D eigenvalue weighted by atomic mass is 32.2. The van der Waals surface area contributed by atoms with E-state index in [1.807, 2.05) is 0 Å². The van der Waals surface area contributed by atoms with Crippen LogP contribution in [0.3, 0.4) is 0 Å². The first-order valence-corrected chi connectivity index (χ1v) is 11.7. The zero-order valence-corrected chi connectivity index (χ0v) is 18.8. The summed E-state index contributed by atoms with van der Waals surface area (Å²) in [7, 11) is -3.81. The third-order valence-corrected chi connectivity index (χ3v) is 6.14. The van der Waals surface area contributed by atoms with Crippen LogP contribution >= 0.6 is 0 Å². The molecule has 0 bridgehead atoms. The van der Waals surface area contributed by atoms with Crippen molar-refractivity contribution in [1.82, 2.24) is 19.7 Å². The van der Waals surface area contributed by atoms with Crippen molar-refractivity contribution in [2.24, 2.45) is 5.73 Å². The van der Waals surface area contributed by atoms with E-state index in [0.29, 0.717) is 17.0 Å². The number of amides is 1. The molecule has 0 aliphatic rings. The SMILES string of the molecule is Cc1ccc(NS(=O)(=O)Cc2ccccc2)c(=O)n1Cc1nc(-c2ccc(C(N)=O)cn2)no1. The Morgan fingerprint density at radius 1 is 1.12 bits per heavy atom. The topological polar surface area (TPSA) is 163 Å². The summed E-state index contributed by atoms with van der Waals surface area (Å²) in [6.07, 6.45) is 1.30. The molecule has 0 saturated heterocycles. The fourth-order valence-corrected chi connectivity index (χ4v) is 4.37. The Balaban J connectivity index is 1.55. The Labute approximate surface area is 194 Å². The fourth-order valence-electron chi connectivity index (χ4n) is 3.17. The molecule has 0 spiro atoms. The van der Waals surface area contributed by atoms with Crippen molar-refractivity contribution in [3.63, 3.8) is 0 Å². The van der Waals surface area contributed by atoms with Crippen molar-refractivity contribution >= 4 is 21.6 Å². The molecule has 0 radical (unpaired) electrons. The number of primary amides is 1. The van der Waals surface area contributed by atoms with Crippen LogP contribution in [0.25, 0.3) is 11.5 Å². The van der Waals surface area contributed by atoms with Gasteiger partial charge in [0.05, 0.1) is 11.3 Å². The summed E-state index contributed by atoms with van der Waals surface area (Å²) in [5, 5.41) is 3.85. The van der Waals surface area contributed by atoms with Gasteiger partial charge < -0.3 is 14.8 Å². The number of nitrogens with one attached hydrogen (secondary N) is 1. The summed E-state index contributed by atoms with van der Waals surface area (Å²) in [5.74, 6) is -0.598. The van der Waals surface area contributed by atoms with E-state index in [4.69, 9.17) is 10.3 Å². The maximum atomic E-state index is 13.0. The fraction of sp³-hybridized carbons (Fsp3) is 0.136. The Morgan fingerprint density at radius 2 is 1.88 bits per heavy atom. The molecular formula is C22H20N6O5S. The first-order chi connectivity index (χ1) is 16.2. The standard InChI is InChI=1S/C22H20N6O5S/c1-14-7-9-18(27-34(31,32)13-15-5-3-2-4-6-15)22(30)28(14)12-19-25-21(26-33-19)17-10-8-16(11-24-17)20(23)29/h2-11,27H,12-13H2,1H3,(H2,23,29). The van der Waals surface area contributed by atoms with E-state index in [0.717, 1.165) is 0 Å². The second-order valence-electron chi connectivity index (χ2n) is 7.43. The van der Waals surface area contributed by atoms with Crippen molar-refractivity contribution in [3.8, 4) is 11.5 Å². The first-order valence-electron chi connectivity index (χ1n) is 10.1. The third-order valence-electron chi connectivity index (χ3n) is 4.90. The van der Waals surface area contributed by atoms with E-state index < -0.39 is 21.5 Å². The number of sulfonamides is 1. The molecule has 0 saturated carbocycles. The Bertz CT molecular complexity index is 1500. The van der Waals surface area contributed by atoms with Crippen LogP contribution in [-0.4, -0.2) is 34.0 Å². The number of pyridine rings is 2. The lowest BCUT2D eigenvalue weighted by Crippen LogP contribution is -2.28. The van der Waals surface area contributed by atoms with E-state index in [2.05, 4.69) is 19.8 Å². The maximum Gasteiger partial charge on any atom is 0.275 e. The van der Waals surface area contributed by atoms with E-state index in [1.165, 1.54) is 29.0 Å². The highest BCUT2D eigenvalue weighted by Crippen LogP contribution is 2.15. The molecule has 1 aromatic carbocycles. The largest absolute Gasteiger partial charge is 0.366 e. The number of rotatable bonds is 8. The molecule has 4 aromatic rings. The third kappa shape index (κ3) is 5.18. The zero-order valence-electron chi connectivity index (χ0n) is 18.0. The van der Waals surface area contributed by atoms with Crippen LogP contribution in [0.1, 0.15) is 27.5 Å². The summed E-state index contributed by atoms with van der Waals surface area (Å²) >= 11 is 0. The van der Waals surface area contributed by atoms with Gasteiger partial charge in [-0.15, -0.1) is 0 Å². The van der Waals surface area contributed by atoms with Gasteiger partial charge in [-0.1, -0.05) is 35.5 Å². The lowest BCUT2D eigenvalue weighted by atomic mass is 10.2. The van der Waals surface area contributed by atoms with Crippen LogP contribution in [0, 0.1) is 6.92 Å². The summed E-state index contributed by atoms with van der Waals surface area (Å²) in [4.78, 5) is 32.5. The van der Waals surface area contributed by atoms with Gasteiger partial charge in [0.1, 0.15) is 17.9 Å². The molecule has 3 aromatic heterocycles. The summed E-state index contributed by atoms with van der Waals surface area (Å²) < 4.78 is 34.1. The van der Waals surface area contributed by atoms with Gasteiger partial charge in [0.15, 0.2) is 0 Å². The van der Waals surface area contributed by atoms with Crippen LogP contribution in [-0.2, 0) is 22.3 Å². The first kappa shape index (κ1) is 22.9. The molecule has 4 rings (SSSR count). The van der Waals surface area contributed by atoms with Crippen molar-refractivity contribution in [1.29, 1.82) is 0 Å². The van der Waals surface area contributed by atoms with Crippen molar-refractivity contribution in [3.05, 3.63) is 93.9 Å². The minimum Gasteiger partial charge on any atom is -0.366 e. The highest BCUT2D eigenvalue weighted by molar-refractivity contribution is 7.91. The maximum absolute atomic E-state index is 13.0. The van der Waals surface area contributed by atoms with Crippen LogP contribution < -0.4 is 16.0 Å². The number of aryl methyl sites for hydroxylation is 1. The van der Waals surface area contributed by atoms with Gasteiger partial charge >= 0.3 is 0 Å². The normalized spacial score (nSPS) is 11.3. The minimum atomic E-state index is -3.81. The molecule has 3 N–H and O–H groups in total. The number of hydrogen-bond acceptors (Lipinski definition) is 8. The number of anilines is 1. The summed E-state index contributed by atoms with van der Waals surface area (Å²) in [6, 6.07) is 14.7. The molecule has 3 heterocycles. The van der Waals surface area contributed by atoms with E-state index in [-0.39, 0.29) is 35.3 Å². The monoisotopic (exact) mass is 480 g/mol. The Hall–Kier alpha value is -4.32. The molecule has 0 aliphatic carbocycles. The van der Waals surface area contributed by atoms with Gasteiger partial charge in [-0.3, -0.25) is 19.3 Å². The number of carbonyl (C=O) groups excluding carboxylic acids is 1. The van der Waals surface area contributed by atoms with Gasteiger partial charge in [0.2, 0.25) is 27.6 Å². The molecular weight excluding hydrogens is 460 g/mol. The lowest BCUT2D eigenvalue weighted by Gasteiger charge is -2.12. The van der Waals surface area contributed by atoms with Gasteiger partial charge in [-0.05, 0) is 36.8 Å². The average Bonchev–Trinajstić information content (AvgIpc) is 3.28. The van der Waals surface area contributed by atoms with Crippen LogP contribution in [0.5, 0.6) is 0 Å². The number of nitrogens with two attached hydrogens (primary N) is 1. The van der Waals surface area contributed by atoms with Crippen molar-refractivity contribution < 1.29 is 17.7 Å². The zero-order chi connectivity index (χ0) is 24.3. The van der Waals surface area contributed by atoms with Crippen molar-refractivity contribution in [2.75, 3.05) is 4.72 Å². The number of benzene rings is 1. The number of aromatic nitrogens is 4. The quantitative estimate of drug-likeness (QED) is 0.385. The van der Waals surface area contributed by atoms with E-state index >= 15 is 0 Å². The number of carbonyl (C=O) groups is 1. The Kier molecular flexibility index (Phi) is 6.23. The molecule has 12 heteroatoms. The van der Waals surface area contributed by atoms with Crippen LogP contribution in [0.15, 0.2) is 70.1 Å². The lowest BCUT2D eigenvalue weighted by molar-refractivity contribution is 0.1000. The van der Waals surface area contributed by atoms with Gasteiger partial charge in [0, 0.05) is 11.9 Å². The molecule has 174 valence electrons. The average molecular weight is 481 g/mol. The second-order valence-corrected chi connectivity index (χ2v) is 9.16. The highest BCUT2D eigenvalue weighted by Gasteiger charge is 2.17. The molecule has 0 fully saturated rings. The number of nitrogens with zero attached hydrogens (tertiary/aromatic N) is 4. The predicted octanol–water partition coefficient (Wildman–Crippen LogP) is 1.69. The van der Waals surface area contributed by atoms with Crippen molar-refractivity contribution in [2.45, 2.75) is 19.2 Å². The predicted molar refractivity (Wildman–Crippen MR) is 123 cm³/mol. The van der Waals surface area contributed by atoms with Gasteiger partial charge in [-0.25, -0.2) is 8.42 Å². The summed E-state index contributed by atoms with van der Waals surface area (Å²) in [5.41, 5.74) is 6.31. The van der Waals surface area contributed by atoms with E-state index in [9.17, 15) is 18.0 Å². The molecule has 0 unspecified atom stereocenters. The van der Waals surface area contributed by atoms with Crippen LogP contribution in [0.2, 0.25) is 0 Å². The Morgan fingerprint density at radius 3 is 2.56 bits per heavy atom. The number of hydrogen-bond donors (Lipinski definition) is 2. The minimum absolute atomic E-state index is 0.0781. The summed E-state index contributed by atoms with van der Waals surface area (Å²) in [6.45, 7) is 1.62. The molecule has 0 aliphatic heterocycles. The molecule has 1 amide bonds. The smallest absolute Gasteiger partial charge is 0.275 e. The van der Waals surface area contributed by atoms with Crippen LogP contribution in [0.4, 0.5) is 5.69 Å². The molecule has 0 atom stereocenters. The van der Waals surface area contributed by atoms with Gasteiger partial charge in [-0.2, -0.15) is 4.98 Å². The molecule has 34 heavy (non-hydrogen) atoms. The second kappa shape index (κ2) is 9.27.